The lowest BCUT2D eigenvalue weighted by molar-refractivity contribution is 0.0690. The van der Waals surface area contributed by atoms with Crippen molar-refractivity contribution < 1.29 is 9.90 Å². The molecular formula is C16H24N4O2. The van der Waals surface area contributed by atoms with Gasteiger partial charge in [0.25, 0.3) is 0 Å². The Labute approximate surface area is 131 Å². The number of anilines is 1. The summed E-state index contributed by atoms with van der Waals surface area (Å²) in [5.41, 5.74) is 0.0635. The van der Waals surface area contributed by atoms with E-state index < -0.39 is 5.97 Å². The molecule has 6 nitrogen and oxygen atoms in total. The molecule has 1 aromatic heterocycles. The largest absolute Gasteiger partial charge is 0.476 e. The average Bonchev–Trinajstić information content (AvgIpc) is 2.81. The summed E-state index contributed by atoms with van der Waals surface area (Å²) in [6.45, 7) is 3.77. The molecule has 120 valence electrons. The molecule has 1 saturated heterocycles. The fourth-order valence-electron chi connectivity index (χ4n) is 3.67. The summed E-state index contributed by atoms with van der Waals surface area (Å²) in [7, 11) is 0. The minimum absolute atomic E-state index is 0.0635. The van der Waals surface area contributed by atoms with Gasteiger partial charge < -0.3 is 10.0 Å². The van der Waals surface area contributed by atoms with Crippen LogP contribution in [0.25, 0.3) is 0 Å². The molecule has 3 rings (SSSR count). The maximum absolute atomic E-state index is 11.3. The predicted octanol–water partition coefficient (Wildman–Crippen LogP) is 2.02. The van der Waals surface area contributed by atoms with E-state index in [1.165, 1.54) is 38.3 Å². The summed E-state index contributed by atoms with van der Waals surface area (Å²) >= 11 is 0. The van der Waals surface area contributed by atoms with Crippen LogP contribution in [0.4, 0.5) is 5.82 Å². The van der Waals surface area contributed by atoms with E-state index in [-0.39, 0.29) is 5.69 Å². The van der Waals surface area contributed by atoms with Gasteiger partial charge in [-0.2, -0.15) is 0 Å². The monoisotopic (exact) mass is 304 g/mol. The van der Waals surface area contributed by atoms with Gasteiger partial charge in [-0.15, -0.1) is 0 Å². The van der Waals surface area contributed by atoms with Gasteiger partial charge >= 0.3 is 5.97 Å². The van der Waals surface area contributed by atoms with Gasteiger partial charge in [0, 0.05) is 44.6 Å². The van der Waals surface area contributed by atoms with Gasteiger partial charge in [-0.1, -0.05) is 19.3 Å². The first-order valence-electron chi connectivity index (χ1n) is 8.29. The van der Waals surface area contributed by atoms with Crippen molar-refractivity contribution >= 4 is 11.8 Å². The molecule has 0 spiro atoms. The van der Waals surface area contributed by atoms with Crippen LogP contribution in [0.3, 0.4) is 0 Å². The lowest BCUT2D eigenvalue weighted by Crippen LogP contribution is -2.39. The second-order valence-electron chi connectivity index (χ2n) is 6.20. The minimum atomic E-state index is -1.00. The van der Waals surface area contributed by atoms with Gasteiger partial charge in [0.05, 0.1) is 0 Å². The lowest BCUT2D eigenvalue weighted by atomic mass is 9.94. The van der Waals surface area contributed by atoms with E-state index in [4.69, 9.17) is 0 Å². The SMILES string of the molecule is O=C(O)c1nccnc1N1CCCN(C2CCCCC2)CC1. The van der Waals surface area contributed by atoms with Crippen LogP contribution in [-0.4, -0.2) is 58.2 Å². The molecule has 0 unspecified atom stereocenters. The van der Waals surface area contributed by atoms with Crippen molar-refractivity contribution in [3.05, 3.63) is 18.1 Å². The van der Waals surface area contributed by atoms with Gasteiger partial charge in [0.2, 0.25) is 0 Å². The molecule has 0 radical (unpaired) electrons. The van der Waals surface area contributed by atoms with Crippen LogP contribution < -0.4 is 4.90 Å². The fourth-order valence-corrected chi connectivity index (χ4v) is 3.67. The van der Waals surface area contributed by atoms with Crippen molar-refractivity contribution in [2.75, 3.05) is 31.1 Å². The minimum Gasteiger partial charge on any atom is -0.476 e. The second-order valence-corrected chi connectivity index (χ2v) is 6.20. The first-order chi connectivity index (χ1) is 10.8. The average molecular weight is 304 g/mol. The summed E-state index contributed by atoms with van der Waals surface area (Å²) in [5, 5.41) is 9.28. The summed E-state index contributed by atoms with van der Waals surface area (Å²) in [6.07, 6.45) is 10.8. The van der Waals surface area contributed by atoms with Gasteiger partial charge in [0.15, 0.2) is 11.5 Å². The predicted molar refractivity (Wildman–Crippen MR) is 84.3 cm³/mol. The van der Waals surface area contributed by atoms with Crippen LogP contribution in [0.15, 0.2) is 12.4 Å². The number of aromatic nitrogens is 2. The van der Waals surface area contributed by atoms with Crippen molar-refractivity contribution in [3.63, 3.8) is 0 Å². The van der Waals surface area contributed by atoms with Crippen molar-refractivity contribution in [2.45, 2.75) is 44.6 Å². The Hall–Kier alpha value is -1.69. The van der Waals surface area contributed by atoms with Gasteiger partial charge in [-0.3, -0.25) is 4.90 Å². The highest BCUT2D eigenvalue weighted by Gasteiger charge is 2.26. The van der Waals surface area contributed by atoms with Crippen molar-refractivity contribution in [3.8, 4) is 0 Å². The van der Waals surface area contributed by atoms with E-state index >= 15 is 0 Å². The number of carboxylic acid groups (broad SMARTS) is 1. The van der Waals surface area contributed by atoms with Crippen molar-refractivity contribution in [1.82, 2.24) is 14.9 Å². The molecule has 1 aliphatic carbocycles. The molecule has 0 amide bonds. The Kier molecular flexibility index (Phi) is 4.87. The zero-order chi connectivity index (χ0) is 15.4. The van der Waals surface area contributed by atoms with E-state index in [2.05, 4.69) is 19.8 Å². The van der Waals surface area contributed by atoms with Crippen LogP contribution in [0.5, 0.6) is 0 Å². The third-order valence-corrected chi connectivity index (χ3v) is 4.80. The normalized spacial score (nSPS) is 21.5. The van der Waals surface area contributed by atoms with E-state index in [1.807, 2.05) is 0 Å². The molecular weight excluding hydrogens is 280 g/mol. The first kappa shape index (κ1) is 15.2. The van der Waals surface area contributed by atoms with Gasteiger partial charge in [-0.25, -0.2) is 14.8 Å². The molecule has 2 heterocycles. The van der Waals surface area contributed by atoms with Crippen LogP contribution in [0, 0.1) is 0 Å². The Morgan fingerprint density at radius 3 is 2.55 bits per heavy atom. The van der Waals surface area contributed by atoms with Gasteiger partial charge in [-0.05, 0) is 19.3 Å². The van der Waals surface area contributed by atoms with Crippen LogP contribution in [-0.2, 0) is 0 Å². The highest BCUT2D eigenvalue weighted by atomic mass is 16.4. The number of aromatic carboxylic acids is 1. The molecule has 2 fully saturated rings. The smallest absolute Gasteiger partial charge is 0.358 e. The van der Waals surface area contributed by atoms with Crippen LogP contribution in [0.2, 0.25) is 0 Å². The van der Waals surface area contributed by atoms with E-state index in [0.29, 0.717) is 5.82 Å². The highest BCUT2D eigenvalue weighted by Crippen LogP contribution is 2.24. The maximum Gasteiger partial charge on any atom is 0.358 e. The zero-order valence-corrected chi connectivity index (χ0v) is 12.9. The summed E-state index contributed by atoms with van der Waals surface area (Å²) in [6, 6.07) is 0.717. The number of carboxylic acids is 1. The molecule has 6 heteroatoms. The summed E-state index contributed by atoms with van der Waals surface area (Å²) in [5.74, 6) is -0.489. The molecule has 0 atom stereocenters. The third-order valence-electron chi connectivity index (χ3n) is 4.80. The summed E-state index contributed by atoms with van der Waals surface area (Å²) in [4.78, 5) is 24.2. The molecule has 1 aromatic rings. The zero-order valence-electron chi connectivity index (χ0n) is 12.9. The Balaban J connectivity index is 1.69. The van der Waals surface area contributed by atoms with E-state index in [9.17, 15) is 9.90 Å². The standard InChI is InChI=1S/C16H24N4O2/c21-16(22)14-15(18-8-7-17-14)20-10-4-9-19(11-12-20)13-5-2-1-3-6-13/h7-8,13H,1-6,9-12H2,(H,21,22). The van der Waals surface area contributed by atoms with Crippen molar-refractivity contribution in [1.29, 1.82) is 0 Å². The third kappa shape index (κ3) is 3.38. The Morgan fingerprint density at radius 2 is 1.77 bits per heavy atom. The Bertz CT molecular complexity index is 517. The molecule has 2 aliphatic rings. The topological polar surface area (TPSA) is 69.6 Å². The van der Waals surface area contributed by atoms with Crippen molar-refractivity contribution in [2.24, 2.45) is 0 Å². The van der Waals surface area contributed by atoms with E-state index in [0.717, 1.165) is 38.6 Å². The van der Waals surface area contributed by atoms with E-state index in [1.54, 1.807) is 6.20 Å². The number of nitrogens with zero attached hydrogens (tertiary/aromatic N) is 4. The second kappa shape index (κ2) is 7.05. The summed E-state index contributed by atoms with van der Waals surface area (Å²) < 4.78 is 0. The number of rotatable bonds is 3. The lowest BCUT2D eigenvalue weighted by Gasteiger charge is -2.33. The fraction of sp³-hybridized carbons (Fsp3) is 0.688. The Morgan fingerprint density at radius 1 is 1.00 bits per heavy atom. The molecule has 0 aromatic carbocycles. The number of carbonyl (C=O) groups is 1. The molecule has 1 saturated carbocycles. The van der Waals surface area contributed by atoms with Crippen LogP contribution >= 0.6 is 0 Å². The van der Waals surface area contributed by atoms with Crippen LogP contribution in [0.1, 0.15) is 49.0 Å². The number of hydrogen-bond donors (Lipinski definition) is 1. The molecule has 22 heavy (non-hydrogen) atoms. The maximum atomic E-state index is 11.3. The highest BCUT2D eigenvalue weighted by molar-refractivity contribution is 5.90. The molecule has 1 aliphatic heterocycles. The molecule has 1 N–H and O–H groups in total. The number of hydrogen-bond acceptors (Lipinski definition) is 5. The quantitative estimate of drug-likeness (QED) is 0.921. The van der Waals surface area contributed by atoms with Gasteiger partial charge in [0.1, 0.15) is 0 Å². The first-order valence-corrected chi connectivity index (χ1v) is 8.29. The molecule has 0 bridgehead atoms.